The van der Waals surface area contributed by atoms with Crippen molar-refractivity contribution in [2.24, 2.45) is 5.41 Å². The Bertz CT molecular complexity index is 517. The number of hydrogen-bond acceptors (Lipinski definition) is 3. The van der Waals surface area contributed by atoms with Gasteiger partial charge in [0, 0.05) is 39.0 Å². The lowest BCUT2D eigenvalue weighted by molar-refractivity contribution is -0.135. The third kappa shape index (κ3) is 4.30. The van der Waals surface area contributed by atoms with Crippen LogP contribution in [-0.2, 0) is 4.79 Å². The minimum atomic E-state index is -1.66. The molecule has 0 aromatic carbocycles. The molecule has 24 heavy (non-hydrogen) atoms. The van der Waals surface area contributed by atoms with Gasteiger partial charge < -0.3 is 20.2 Å². The molecule has 0 aromatic heterocycles. The minimum Gasteiger partial charge on any atom is -0.387 e. The van der Waals surface area contributed by atoms with E-state index in [-0.39, 0.29) is 24.9 Å². The molecule has 0 spiro atoms. The van der Waals surface area contributed by atoms with E-state index in [4.69, 9.17) is 11.6 Å². The van der Waals surface area contributed by atoms with Gasteiger partial charge in [-0.3, -0.25) is 4.79 Å². The van der Waals surface area contributed by atoms with Crippen LogP contribution in [0, 0.1) is 5.41 Å². The fourth-order valence-corrected chi connectivity index (χ4v) is 3.53. The third-order valence-electron chi connectivity index (χ3n) is 5.14. The number of hydrogen-bond donors (Lipinski definition) is 2. The van der Waals surface area contributed by atoms with Crippen LogP contribution in [0.15, 0.2) is 0 Å². The predicted octanol–water partition coefficient (Wildman–Crippen LogP) is 1.71. The van der Waals surface area contributed by atoms with Crippen molar-refractivity contribution in [3.05, 3.63) is 0 Å². The van der Waals surface area contributed by atoms with E-state index in [2.05, 4.69) is 5.32 Å². The van der Waals surface area contributed by atoms with Crippen LogP contribution in [0.1, 0.15) is 39.0 Å². The highest BCUT2D eigenvalue weighted by molar-refractivity contribution is 6.25. The van der Waals surface area contributed by atoms with E-state index in [1.807, 2.05) is 0 Å². The van der Waals surface area contributed by atoms with Crippen molar-refractivity contribution in [3.8, 4) is 0 Å². The Morgan fingerprint density at radius 1 is 1.42 bits per heavy atom. The Morgan fingerprint density at radius 3 is 2.58 bits per heavy atom. The summed E-state index contributed by atoms with van der Waals surface area (Å²) < 4.78 is 13.6. The van der Waals surface area contributed by atoms with Gasteiger partial charge in [-0.25, -0.2) is 9.18 Å². The number of likely N-dealkylation sites (tertiary alicyclic amines) is 1. The summed E-state index contributed by atoms with van der Waals surface area (Å²) in [6.07, 6.45) is 1.89. The van der Waals surface area contributed by atoms with E-state index in [9.17, 15) is 19.1 Å². The zero-order valence-electron chi connectivity index (χ0n) is 14.6. The van der Waals surface area contributed by atoms with Gasteiger partial charge in [-0.05, 0) is 19.3 Å². The number of aliphatic hydroxyl groups is 1. The number of rotatable bonds is 5. The Hall–Kier alpha value is -1.08. The molecule has 0 aromatic rings. The minimum absolute atomic E-state index is 0.00152. The van der Waals surface area contributed by atoms with Gasteiger partial charge in [-0.1, -0.05) is 18.5 Å². The zero-order chi connectivity index (χ0) is 18.2. The van der Waals surface area contributed by atoms with Gasteiger partial charge >= 0.3 is 6.03 Å². The molecule has 2 fully saturated rings. The van der Waals surface area contributed by atoms with Gasteiger partial charge in [0.15, 0.2) is 5.13 Å². The molecule has 1 saturated heterocycles. The predicted molar refractivity (Wildman–Crippen MR) is 89.5 cm³/mol. The molecule has 3 atom stereocenters. The summed E-state index contributed by atoms with van der Waals surface area (Å²) in [5, 5.41) is 11.7. The maximum Gasteiger partial charge on any atom is 0.317 e. The molecule has 2 N–H and O–H groups in total. The van der Waals surface area contributed by atoms with Gasteiger partial charge in [-0.2, -0.15) is 0 Å². The van der Waals surface area contributed by atoms with Gasteiger partial charge in [0.1, 0.15) is 0 Å². The van der Waals surface area contributed by atoms with E-state index in [0.717, 1.165) is 0 Å². The lowest BCUT2D eigenvalue weighted by Crippen LogP contribution is -2.54. The molecule has 1 heterocycles. The molecule has 138 valence electrons. The number of urea groups is 1. The lowest BCUT2D eigenvalue weighted by atomic mass is 9.89. The summed E-state index contributed by atoms with van der Waals surface area (Å²) in [5.74, 6) is -0.164. The standard InChI is InChI=1S/C16H27ClFN3O3/c1-14(10-16(14,17)18)6-7-19-13(23)21-8-4-5-15(24,11-21)9-12(22)20(2)3/h24H,4-11H2,1-3H3,(H,19,23). The van der Waals surface area contributed by atoms with Crippen LogP contribution >= 0.6 is 11.6 Å². The molecule has 1 aliphatic carbocycles. The van der Waals surface area contributed by atoms with Crippen LogP contribution in [0.3, 0.4) is 0 Å². The Morgan fingerprint density at radius 2 is 2.04 bits per heavy atom. The molecule has 0 bridgehead atoms. The first kappa shape index (κ1) is 19.2. The van der Waals surface area contributed by atoms with Crippen molar-refractivity contribution in [2.75, 3.05) is 33.7 Å². The smallest absolute Gasteiger partial charge is 0.317 e. The van der Waals surface area contributed by atoms with Crippen molar-refractivity contribution in [2.45, 2.75) is 49.8 Å². The number of carbonyl (C=O) groups is 2. The first-order valence-electron chi connectivity index (χ1n) is 8.31. The monoisotopic (exact) mass is 363 g/mol. The summed E-state index contributed by atoms with van der Waals surface area (Å²) in [7, 11) is 3.28. The Balaban J connectivity index is 1.81. The molecule has 1 aliphatic heterocycles. The topological polar surface area (TPSA) is 72.9 Å². The zero-order valence-corrected chi connectivity index (χ0v) is 15.3. The molecule has 0 radical (unpaired) electrons. The highest BCUT2D eigenvalue weighted by atomic mass is 35.5. The quantitative estimate of drug-likeness (QED) is 0.730. The number of nitrogens with zero attached hydrogens (tertiary/aromatic N) is 2. The summed E-state index contributed by atoms with van der Waals surface area (Å²) in [6, 6.07) is -0.297. The SMILES string of the molecule is CN(C)C(=O)CC1(O)CCCN(C(=O)NCCC2(C)CC2(F)Cl)C1. The molecule has 8 heteroatoms. The largest absolute Gasteiger partial charge is 0.387 e. The van der Waals surface area contributed by atoms with Crippen LogP contribution < -0.4 is 5.32 Å². The summed E-state index contributed by atoms with van der Waals surface area (Å²) in [6.45, 7) is 2.75. The second-order valence-electron chi connectivity index (χ2n) is 7.64. The molecular formula is C16H27ClFN3O3. The van der Waals surface area contributed by atoms with Gasteiger partial charge in [-0.15, -0.1) is 0 Å². The van der Waals surface area contributed by atoms with Crippen LogP contribution in [0.2, 0.25) is 0 Å². The van der Waals surface area contributed by atoms with Gasteiger partial charge in [0.05, 0.1) is 18.6 Å². The normalized spacial score (nSPS) is 35.5. The molecule has 3 amide bonds. The maximum atomic E-state index is 13.6. The average Bonchev–Trinajstić information content (AvgIpc) is 2.96. The van der Waals surface area contributed by atoms with Crippen molar-refractivity contribution in [1.29, 1.82) is 0 Å². The van der Waals surface area contributed by atoms with E-state index in [1.54, 1.807) is 21.0 Å². The number of carbonyl (C=O) groups excluding carboxylic acids is 2. The lowest BCUT2D eigenvalue weighted by Gasteiger charge is -2.39. The molecule has 3 unspecified atom stereocenters. The van der Waals surface area contributed by atoms with E-state index in [0.29, 0.717) is 38.8 Å². The number of nitrogens with one attached hydrogen (secondary N) is 1. The molecule has 2 rings (SSSR count). The highest BCUT2D eigenvalue weighted by Gasteiger charge is 2.64. The fraction of sp³-hybridized carbons (Fsp3) is 0.875. The summed E-state index contributed by atoms with van der Waals surface area (Å²) >= 11 is 5.67. The number of β-amino-alcohol motifs (C(OH)–C–C–N with tert-alkyl or cyclic N) is 1. The van der Waals surface area contributed by atoms with Crippen molar-refractivity contribution >= 4 is 23.5 Å². The molecule has 1 saturated carbocycles. The summed E-state index contributed by atoms with van der Waals surface area (Å²) in [5.41, 5.74) is -1.77. The van der Waals surface area contributed by atoms with Crippen molar-refractivity contribution < 1.29 is 19.1 Å². The van der Waals surface area contributed by atoms with Crippen molar-refractivity contribution in [3.63, 3.8) is 0 Å². The number of alkyl halides is 2. The average molecular weight is 364 g/mol. The Kier molecular flexibility index (Phi) is 5.35. The summed E-state index contributed by atoms with van der Waals surface area (Å²) in [4.78, 5) is 27.0. The second kappa shape index (κ2) is 6.67. The van der Waals surface area contributed by atoms with Crippen LogP contribution in [0.5, 0.6) is 0 Å². The number of piperidine rings is 1. The number of amides is 3. The molecular weight excluding hydrogens is 337 g/mol. The second-order valence-corrected chi connectivity index (χ2v) is 8.24. The van der Waals surface area contributed by atoms with E-state index < -0.39 is 16.1 Å². The van der Waals surface area contributed by atoms with E-state index >= 15 is 0 Å². The first-order valence-corrected chi connectivity index (χ1v) is 8.69. The number of halogens is 2. The van der Waals surface area contributed by atoms with Crippen LogP contribution in [0.4, 0.5) is 9.18 Å². The third-order valence-corrected chi connectivity index (χ3v) is 5.73. The maximum absolute atomic E-state index is 13.6. The highest BCUT2D eigenvalue weighted by Crippen LogP contribution is 2.63. The fourth-order valence-electron chi connectivity index (χ4n) is 3.14. The Labute approximate surface area is 147 Å². The molecule has 6 nitrogen and oxygen atoms in total. The molecule has 2 aliphatic rings. The van der Waals surface area contributed by atoms with Gasteiger partial charge in [0.25, 0.3) is 0 Å². The van der Waals surface area contributed by atoms with Crippen LogP contribution in [0.25, 0.3) is 0 Å². The first-order chi connectivity index (χ1) is 11.0. The van der Waals surface area contributed by atoms with Crippen LogP contribution in [-0.4, -0.2) is 71.3 Å². The van der Waals surface area contributed by atoms with Crippen molar-refractivity contribution in [1.82, 2.24) is 15.1 Å². The van der Waals surface area contributed by atoms with Gasteiger partial charge in [0.2, 0.25) is 5.91 Å². The van der Waals surface area contributed by atoms with E-state index in [1.165, 1.54) is 9.80 Å².